The minimum absolute atomic E-state index is 1.22. The smallest absolute Gasteiger partial charge is 0.0484 e. The maximum Gasteiger partial charge on any atom is 0.0484 e. The van der Waals surface area contributed by atoms with Crippen LogP contribution >= 0.6 is 45.3 Å². The van der Waals surface area contributed by atoms with Crippen LogP contribution in [0.1, 0.15) is 153 Å². The lowest BCUT2D eigenvalue weighted by molar-refractivity contribution is 0.666. The molecule has 0 bridgehead atoms. The van der Waals surface area contributed by atoms with Crippen molar-refractivity contribution in [2.24, 2.45) is 0 Å². The standard InChI is InChI=1S/C40H58S4/c1-5-9-13-17-21-31-25-27-41-37(31)35-29-33(23-19-15-11-7-3)39(43-35)40-34(24-20-16-12-8-4)30-36(44-40)38-32(26-28-42-38)22-18-14-10-6-2/h25-30H,5-24H2,1-4H3. The van der Waals surface area contributed by atoms with Crippen molar-refractivity contribution in [1.29, 1.82) is 0 Å². The average molecular weight is 667 g/mol. The van der Waals surface area contributed by atoms with Crippen LogP contribution in [0.3, 0.4) is 0 Å². The Balaban J connectivity index is 1.69. The summed E-state index contributed by atoms with van der Waals surface area (Å²) >= 11 is 8.16. The number of thiophene rings is 4. The average Bonchev–Trinajstić information content (AvgIpc) is 3.84. The first-order valence-electron chi connectivity index (χ1n) is 18.1. The Labute approximate surface area is 286 Å². The molecule has 242 valence electrons. The number of rotatable bonds is 23. The zero-order valence-corrected chi connectivity index (χ0v) is 31.5. The molecule has 0 saturated carbocycles. The van der Waals surface area contributed by atoms with E-state index in [0.717, 1.165) is 0 Å². The van der Waals surface area contributed by atoms with Gasteiger partial charge in [0.2, 0.25) is 0 Å². The largest absolute Gasteiger partial charge is 0.143 e. The fourth-order valence-electron chi connectivity index (χ4n) is 6.30. The lowest BCUT2D eigenvalue weighted by Crippen LogP contribution is -1.89. The third kappa shape index (κ3) is 10.4. The quantitative estimate of drug-likeness (QED) is 0.0691. The van der Waals surface area contributed by atoms with E-state index >= 15 is 0 Å². The molecule has 4 heterocycles. The highest BCUT2D eigenvalue weighted by molar-refractivity contribution is 7.28. The Kier molecular flexibility index (Phi) is 16.3. The number of unbranched alkanes of at least 4 members (excludes halogenated alkanes) is 12. The summed E-state index contributed by atoms with van der Waals surface area (Å²) in [5.41, 5.74) is 6.38. The molecule has 0 atom stereocenters. The summed E-state index contributed by atoms with van der Waals surface area (Å²) in [6, 6.07) is 10.0. The molecule has 0 aliphatic heterocycles. The molecule has 0 saturated heterocycles. The highest BCUT2D eigenvalue weighted by atomic mass is 32.1. The fraction of sp³-hybridized carbons (Fsp3) is 0.600. The number of aryl methyl sites for hydroxylation is 4. The highest BCUT2D eigenvalue weighted by Gasteiger charge is 2.21. The summed E-state index contributed by atoms with van der Waals surface area (Å²) in [6.45, 7) is 9.28. The van der Waals surface area contributed by atoms with Gasteiger partial charge in [0.25, 0.3) is 0 Å². The van der Waals surface area contributed by atoms with E-state index < -0.39 is 0 Å². The van der Waals surface area contributed by atoms with Gasteiger partial charge in [-0.05, 0) is 109 Å². The van der Waals surface area contributed by atoms with Crippen molar-refractivity contribution in [3.05, 3.63) is 57.3 Å². The Hall–Kier alpha value is -1.20. The predicted octanol–water partition coefficient (Wildman–Crippen LogP) is 15.4. The van der Waals surface area contributed by atoms with Gasteiger partial charge in [0.1, 0.15) is 0 Å². The second kappa shape index (κ2) is 20.1. The van der Waals surface area contributed by atoms with Crippen LogP contribution in [0.4, 0.5) is 0 Å². The normalized spacial score (nSPS) is 11.6. The Morgan fingerprint density at radius 2 is 0.727 bits per heavy atom. The van der Waals surface area contributed by atoms with E-state index in [0.29, 0.717) is 0 Å². The molecule has 0 spiro atoms. The summed E-state index contributed by atoms with van der Waals surface area (Å²) in [5.74, 6) is 0. The zero-order valence-electron chi connectivity index (χ0n) is 28.2. The molecule has 0 nitrogen and oxygen atoms in total. The first-order valence-corrected chi connectivity index (χ1v) is 21.5. The summed E-state index contributed by atoms with van der Waals surface area (Å²) in [5, 5.41) is 4.68. The summed E-state index contributed by atoms with van der Waals surface area (Å²) < 4.78 is 0. The van der Waals surface area contributed by atoms with Gasteiger partial charge in [0.05, 0.1) is 0 Å². The molecule has 0 fully saturated rings. The van der Waals surface area contributed by atoms with E-state index in [1.807, 2.05) is 22.7 Å². The van der Waals surface area contributed by atoms with Gasteiger partial charge in [0, 0.05) is 29.3 Å². The van der Waals surface area contributed by atoms with E-state index in [-0.39, 0.29) is 0 Å². The molecule has 4 heteroatoms. The Morgan fingerprint density at radius 1 is 0.386 bits per heavy atom. The molecule has 0 aliphatic rings. The molecular formula is C40H58S4. The molecule has 44 heavy (non-hydrogen) atoms. The Morgan fingerprint density at radius 3 is 1.07 bits per heavy atom. The summed E-state index contributed by atoms with van der Waals surface area (Å²) in [4.78, 5) is 9.30. The summed E-state index contributed by atoms with van der Waals surface area (Å²) in [7, 11) is 0. The van der Waals surface area contributed by atoms with Crippen LogP contribution in [0.5, 0.6) is 0 Å². The predicted molar refractivity (Wildman–Crippen MR) is 206 cm³/mol. The van der Waals surface area contributed by atoms with E-state index in [4.69, 9.17) is 0 Å². The minimum Gasteiger partial charge on any atom is -0.143 e. The minimum atomic E-state index is 1.22. The maximum absolute atomic E-state index is 2.61. The van der Waals surface area contributed by atoms with Crippen LogP contribution in [0.25, 0.3) is 29.3 Å². The van der Waals surface area contributed by atoms with Crippen molar-refractivity contribution in [3.8, 4) is 29.3 Å². The van der Waals surface area contributed by atoms with E-state index in [2.05, 4.69) is 85.4 Å². The molecule has 4 aromatic rings. The van der Waals surface area contributed by atoms with Gasteiger partial charge in [-0.2, -0.15) is 0 Å². The number of hydrogen-bond acceptors (Lipinski definition) is 4. The molecule has 0 amide bonds. The summed E-state index contributed by atoms with van der Waals surface area (Å²) in [6.07, 6.45) is 26.2. The molecule has 0 radical (unpaired) electrons. The van der Waals surface area contributed by atoms with Crippen molar-refractivity contribution >= 4 is 45.3 Å². The van der Waals surface area contributed by atoms with Crippen LogP contribution in [-0.4, -0.2) is 0 Å². The van der Waals surface area contributed by atoms with Gasteiger partial charge in [0.15, 0.2) is 0 Å². The number of hydrogen-bond donors (Lipinski definition) is 0. The monoisotopic (exact) mass is 666 g/mol. The SMILES string of the molecule is CCCCCCc1ccsc1-c1cc(CCCCCC)c(-c2sc(-c3sccc3CCCCCC)cc2CCCCCC)s1. The van der Waals surface area contributed by atoms with Crippen molar-refractivity contribution in [2.45, 2.75) is 156 Å². The molecule has 0 unspecified atom stereocenters. The zero-order chi connectivity index (χ0) is 31.0. The van der Waals surface area contributed by atoms with Gasteiger partial charge in [-0.1, -0.05) is 105 Å². The first kappa shape index (κ1) is 35.7. The molecule has 0 aliphatic carbocycles. The maximum atomic E-state index is 2.61. The van der Waals surface area contributed by atoms with Gasteiger partial charge >= 0.3 is 0 Å². The van der Waals surface area contributed by atoms with E-state index in [9.17, 15) is 0 Å². The van der Waals surface area contributed by atoms with Crippen molar-refractivity contribution < 1.29 is 0 Å². The van der Waals surface area contributed by atoms with Crippen LogP contribution in [0.15, 0.2) is 35.0 Å². The third-order valence-electron chi connectivity index (χ3n) is 8.96. The second-order valence-electron chi connectivity index (χ2n) is 12.7. The van der Waals surface area contributed by atoms with Crippen LogP contribution in [-0.2, 0) is 25.7 Å². The van der Waals surface area contributed by atoms with Gasteiger partial charge in [-0.25, -0.2) is 0 Å². The highest BCUT2D eigenvalue weighted by Crippen LogP contribution is 2.49. The van der Waals surface area contributed by atoms with Crippen LogP contribution in [0.2, 0.25) is 0 Å². The molecular weight excluding hydrogens is 609 g/mol. The van der Waals surface area contributed by atoms with Gasteiger partial charge < -0.3 is 0 Å². The van der Waals surface area contributed by atoms with E-state index in [1.165, 1.54) is 138 Å². The van der Waals surface area contributed by atoms with Gasteiger partial charge in [-0.3, -0.25) is 0 Å². The molecule has 4 aromatic heterocycles. The van der Waals surface area contributed by atoms with Crippen molar-refractivity contribution in [2.75, 3.05) is 0 Å². The van der Waals surface area contributed by atoms with Crippen molar-refractivity contribution in [1.82, 2.24) is 0 Å². The molecule has 4 rings (SSSR count). The first-order chi connectivity index (χ1) is 21.7. The third-order valence-corrected chi connectivity index (χ3v) is 13.8. The topological polar surface area (TPSA) is 0 Å². The van der Waals surface area contributed by atoms with E-state index in [1.54, 1.807) is 41.8 Å². The fourth-order valence-corrected chi connectivity index (χ4v) is 11.1. The van der Waals surface area contributed by atoms with Gasteiger partial charge in [-0.15, -0.1) is 45.3 Å². The lowest BCUT2D eigenvalue weighted by Gasteiger charge is -2.06. The van der Waals surface area contributed by atoms with Crippen LogP contribution in [0, 0.1) is 0 Å². The second-order valence-corrected chi connectivity index (χ2v) is 16.7. The van der Waals surface area contributed by atoms with Crippen molar-refractivity contribution in [3.63, 3.8) is 0 Å². The Bertz CT molecular complexity index is 1230. The molecule has 0 aromatic carbocycles. The molecule has 0 N–H and O–H groups in total. The van der Waals surface area contributed by atoms with Crippen LogP contribution < -0.4 is 0 Å². The lowest BCUT2D eigenvalue weighted by atomic mass is 10.0.